The van der Waals surface area contributed by atoms with E-state index in [1.807, 2.05) is 36.4 Å². The zero-order valence-electron chi connectivity index (χ0n) is 9.43. The molecule has 0 radical (unpaired) electrons. The predicted octanol–water partition coefficient (Wildman–Crippen LogP) is 3.43. The van der Waals surface area contributed by atoms with Crippen molar-refractivity contribution in [2.45, 2.75) is 6.10 Å². The molecule has 0 aliphatic carbocycles. The number of hydrogen-bond donors (Lipinski definition) is 1. The minimum absolute atomic E-state index is 0.615. The zero-order chi connectivity index (χ0) is 12.3. The average molecular weight is 249 g/mol. The molecule has 0 saturated carbocycles. The van der Waals surface area contributed by atoms with E-state index in [-0.39, 0.29) is 0 Å². The number of hydrogen-bond acceptors (Lipinski definition) is 2. The van der Waals surface area contributed by atoms with Gasteiger partial charge in [-0.3, -0.25) is 0 Å². The summed E-state index contributed by atoms with van der Waals surface area (Å²) in [5.41, 5.74) is 1.55. The largest absolute Gasteiger partial charge is 0.497 e. The van der Waals surface area contributed by atoms with Gasteiger partial charge in [-0.1, -0.05) is 35.9 Å². The summed E-state index contributed by atoms with van der Waals surface area (Å²) in [7, 11) is 1.60. The summed E-state index contributed by atoms with van der Waals surface area (Å²) in [5.74, 6) is 0.726. The first kappa shape index (κ1) is 12.0. The molecule has 0 unspecified atom stereocenters. The van der Waals surface area contributed by atoms with E-state index in [1.165, 1.54) is 0 Å². The smallest absolute Gasteiger partial charge is 0.119 e. The van der Waals surface area contributed by atoms with Gasteiger partial charge in [0.2, 0.25) is 0 Å². The lowest BCUT2D eigenvalue weighted by Gasteiger charge is -2.12. The van der Waals surface area contributed by atoms with Gasteiger partial charge < -0.3 is 9.84 Å². The molecule has 2 rings (SSSR count). The summed E-state index contributed by atoms with van der Waals surface area (Å²) in [6.07, 6.45) is -0.691. The van der Waals surface area contributed by atoms with Gasteiger partial charge in [0.05, 0.1) is 7.11 Å². The predicted molar refractivity (Wildman–Crippen MR) is 68.5 cm³/mol. The van der Waals surface area contributed by atoms with Crippen LogP contribution in [-0.2, 0) is 0 Å². The monoisotopic (exact) mass is 248 g/mol. The summed E-state index contributed by atoms with van der Waals surface area (Å²) in [4.78, 5) is 0. The second-order valence-electron chi connectivity index (χ2n) is 3.73. The van der Waals surface area contributed by atoms with Crippen molar-refractivity contribution in [3.05, 3.63) is 64.7 Å². The second kappa shape index (κ2) is 5.21. The van der Waals surface area contributed by atoms with Crippen LogP contribution in [0.1, 0.15) is 17.2 Å². The van der Waals surface area contributed by atoms with E-state index in [9.17, 15) is 5.11 Å². The van der Waals surface area contributed by atoms with E-state index in [1.54, 1.807) is 19.2 Å². The second-order valence-corrected chi connectivity index (χ2v) is 4.17. The summed E-state index contributed by atoms with van der Waals surface area (Å²) >= 11 is 5.90. The molecule has 88 valence electrons. The molecule has 2 nitrogen and oxygen atoms in total. The number of aliphatic hydroxyl groups excluding tert-OH is 1. The van der Waals surface area contributed by atoms with Crippen LogP contribution in [0.4, 0.5) is 0 Å². The molecule has 1 N–H and O–H groups in total. The summed E-state index contributed by atoms with van der Waals surface area (Å²) < 4.78 is 5.13. The highest BCUT2D eigenvalue weighted by molar-refractivity contribution is 6.30. The number of benzene rings is 2. The molecule has 0 heterocycles. The van der Waals surface area contributed by atoms with Crippen LogP contribution in [0.5, 0.6) is 5.75 Å². The van der Waals surface area contributed by atoms with Gasteiger partial charge in [-0.15, -0.1) is 0 Å². The fourth-order valence-corrected chi connectivity index (χ4v) is 1.88. The first-order chi connectivity index (χ1) is 8.20. The van der Waals surface area contributed by atoms with E-state index in [0.29, 0.717) is 5.02 Å². The Morgan fingerprint density at radius 3 is 2.35 bits per heavy atom. The summed E-state index contributed by atoms with van der Waals surface area (Å²) in [6.45, 7) is 0. The van der Waals surface area contributed by atoms with Crippen molar-refractivity contribution in [3.63, 3.8) is 0 Å². The third-order valence-corrected chi connectivity index (χ3v) is 2.81. The van der Waals surface area contributed by atoms with Crippen LogP contribution in [0.2, 0.25) is 5.02 Å². The Kier molecular flexibility index (Phi) is 3.67. The van der Waals surface area contributed by atoms with Crippen molar-refractivity contribution in [1.29, 1.82) is 0 Å². The maximum Gasteiger partial charge on any atom is 0.119 e. The van der Waals surface area contributed by atoms with Crippen LogP contribution in [-0.4, -0.2) is 12.2 Å². The molecule has 3 heteroatoms. The Labute approximate surface area is 105 Å². The fourth-order valence-electron chi connectivity index (χ4n) is 1.68. The van der Waals surface area contributed by atoms with Crippen molar-refractivity contribution < 1.29 is 9.84 Å². The van der Waals surface area contributed by atoms with Gasteiger partial charge in [0.25, 0.3) is 0 Å². The van der Waals surface area contributed by atoms with Gasteiger partial charge in [-0.25, -0.2) is 0 Å². The molecule has 0 aliphatic rings. The van der Waals surface area contributed by atoms with Gasteiger partial charge >= 0.3 is 0 Å². The van der Waals surface area contributed by atoms with Crippen LogP contribution < -0.4 is 4.74 Å². The van der Waals surface area contributed by atoms with E-state index in [4.69, 9.17) is 16.3 Å². The fraction of sp³-hybridized carbons (Fsp3) is 0.143. The van der Waals surface area contributed by atoms with Gasteiger partial charge in [-0.05, 0) is 35.4 Å². The normalized spacial score (nSPS) is 12.2. The van der Waals surface area contributed by atoms with Gasteiger partial charge in [0.15, 0.2) is 0 Å². The lowest BCUT2D eigenvalue weighted by atomic mass is 10.0. The molecule has 0 bridgehead atoms. The van der Waals surface area contributed by atoms with Crippen molar-refractivity contribution >= 4 is 11.6 Å². The number of ether oxygens (including phenoxy) is 1. The number of methoxy groups -OCH3 is 1. The Bertz CT molecular complexity index is 511. The molecule has 17 heavy (non-hydrogen) atoms. The van der Waals surface area contributed by atoms with Crippen molar-refractivity contribution in [2.24, 2.45) is 0 Å². The highest BCUT2D eigenvalue weighted by Gasteiger charge is 2.11. The molecule has 0 aliphatic heterocycles. The standard InChI is InChI=1S/C14H13ClO2/c1-17-13-7-3-5-11(9-13)14(16)10-4-2-6-12(15)8-10/h2-9,14,16H,1H3/t14-/m0/s1. The van der Waals surface area contributed by atoms with Gasteiger partial charge in [-0.2, -0.15) is 0 Å². The van der Waals surface area contributed by atoms with Gasteiger partial charge in [0.1, 0.15) is 11.9 Å². The lowest BCUT2D eigenvalue weighted by Crippen LogP contribution is -1.99. The molecule has 2 aromatic carbocycles. The van der Waals surface area contributed by atoms with Crippen molar-refractivity contribution in [3.8, 4) is 5.75 Å². The maximum atomic E-state index is 10.2. The quantitative estimate of drug-likeness (QED) is 0.902. The van der Waals surface area contributed by atoms with Crippen LogP contribution in [0.15, 0.2) is 48.5 Å². The Hall–Kier alpha value is -1.51. The molecule has 1 atom stereocenters. The van der Waals surface area contributed by atoms with E-state index in [2.05, 4.69) is 0 Å². The first-order valence-electron chi connectivity index (χ1n) is 5.28. The first-order valence-corrected chi connectivity index (χ1v) is 5.66. The molecule has 0 amide bonds. The Morgan fingerprint density at radius 2 is 1.71 bits per heavy atom. The SMILES string of the molecule is COc1cccc([C@@H](O)c2cccc(Cl)c2)c1. The third kappa shape index (κ3) is 2.78. The topological polar surface area (TPSA) is 29.5 Å². The molecular weight excluding hydrogens is 236 g/mol. The summed E-state index contributed by atoms with van der Waals surface area (Å²) in [6, 6.07) is 14.6. The highest BCUT2D eigenvalue weighted by atomic mass is 35.5. The van der Waals surface area contributed by atoms with Crippen molar-refractivity contribution in [2.75, 3.05) is 7.11 Å². The van der Waals surface area contributed by atoms with Gasteiger partial charge in [0, 0.05) is 5.02 Å². The number of rotatable bonds is 3. The third-order valence-electron chi connectivity index (χ3n) is 2.57. The van der Waals surface area contributed by atoms with Crippen LogP contribution in [0, 0.1) is 0 Å². The highest BCUT2D eigenvalue weighted by Crippen LogP contribution is 2.26. The number of halogens is 1. The molecule has 0 saturated heterocycles. The average Bonchev–Trinajstić information content (AvgIpc) is 2.38. The van der Waals surface area contributed by atoms with Crippen LogP contribution in [0.3, 0.4) is 0 Å². The summed E-state index contributed by atoms with van der Waals surface area (Å²) in [5, 5.41) is 10.8. The Morgan fingerprint density at radius 1 is 1.06 bits per heavy atom. The zero-order valence-corrected chi connectivity index (χ0v) is 10.2. The molecule has 0 aromatic heterocycles. The number of aliphatic hydroxyl groups is 1. The molecular formula is C14H13ClO2. The van der Waals surface area contributed by atoms with E-state index < -0.39 is 6.10 Å². The van der Waals surface area contributed by atoms with Crippen molar-refractivity contribution in [1.82, 2.24) is 0 Å². The minimum atomic E-state index is -0.691. The lowest BCUT2D eigenvalue weighted by molar-refractivity contribution is 0.220. The van der Waals surface area contributed by atoms with E-state index >= 15 is 0 Å². The molecule has 0 fully saturated rings. The van der Waals surface area contributed by atoms with Crippen LogP contribution >= 0.6 is 11.6 Å². The van der Waals surface area contributed by atoms with Crippen LogP contribution in [0.25, 0.3) is 0 Å². The molecule has 0 spiro atoms. The minimum Gasteiger partial charge on any atom is -0.497 e. The Balaban J connectivity index is 2.33. The van der Waals surface area contributed by atoms with E-state index in [0.717, 1.165) is 16.9 Å². The maximum absolute atomic E-state index is 10.2. The molecule has 2 aromatic rings.